The number of hydrogen-bond acceptors (Lipinski definition) is 1. The van der Waals surface area contributed by atoms with Crippen LogP contribution in [0.2, 0.25) is 0 Å². The Labute approximate surface area is 93.9 Å². The van der Waals surface area contributed by atoms with E-state index in [0.717, 1.165) is 13.0 Å². The zero-order valence-electron chi connectivity index (χ0n) is 10.6. The fourth-order valence-corrected chi connectivity index (χ4v) is 1.78. The molecule has 1 rings (SSSR count). The summed E-state index contributed by atoms with van der Waals surface area (Å²) in [7, 11) is 0. The summed E-state index contributed by atoms with van der Waals surface area (Å²) in [5, 5.41) is 3.46. The van der Waals surface area contributed by atoms with Gasteiger partial charge in [0, 0.05) is 6.04 Å². The Morgan fingerprint density at radius 3 is 2.33 bits per heavy atom. The number of hydrogen-bond donors (Lipinski definition) is 1. The minimum atomic E-state index is 0.580. The van der Waals surface area contributed by atoms with Gasteiger partial charge in [-0.05, 0) is 56.0 Å². The SMILES string of the molecule is Cc1ccc(CCNC(C)C)c(C)c1C. The molecule has 1 aromatic carbocycles. The van der Waals surface area contributed by atoms with Gasteiger partial charge >= 0.3 is 0 Å². The molecule has 0 saturated heterocycles. The minimum absolute atomic E-state index is 0.580. The van der Waals surface area contributed by atoms with Crippen molar-refractivity contribution in [2.24, 2.45) is 0 Å². The zero-order valence-corrected chi connectivity index (χ0v) is 10.6. The standard InChI is InChI=1S/C14H23N/c1-10(2)15-9-8-14-7-6-11(3)12(4)13(14)5/h6-7,10,15H,8-9H2,1-5H3. The molecule has 0 heterocycles. The molecule has 0 unspecified atom stereocenters. The summed E-state index contributed by atoms with van der Waals surface area (Å²) >= 11 is 0. The number of rotatable bonds is 4. The van der Waals surface area contributed by atoms with Crippen molar-refractivity contribution in [1.29, 1.82) is 0 Å². The van der Waals surface area contributed by atoms with E-state index in [9.17, 15) is 0 Å². The quantitative estimate of drug-likeness (QED) is 0.796. The molecule has 0 amide bonds. The number of benzene rings is 1. The van der Waals surface area contributed by atoms with Crippen LogP contribution in [-0.4, -0.2) is 12.6 Å². The highest BCUT2D eigenvalue weighted by Crippen LogP contribution is 2.17. The Morgan fingerprint density at radius 1 is 1.07 bits per heavy atom. The molecule has 0 aliphatic carbocycles. The van der Waals surface area contributed by atoms with E-state index in [1.807, 2.05) is 0 Å². The van der Waals surface area contributed by atoms with Crippen molar-refractivity contribution >= 4 is 0 Å². The fraction of sp³-hybridized carbons (Fsp3) is 0.571. The lowest BCUT2D eigenvalue weighted by Crippen LogP contribution is -2.25. The molecule has 84 valence electrons. The van der Waals surface area contributed by atoms with E-state index >= 15 is 0 Å². The van der Waals surface area contributed by atoms with Gasteiger partial charge in [-0.1, -0.05) is 26.0 Å². The van der Waals surface area contributed by atoms with Crippen molar-refractivity contribution in [1.82, 2.24) is 5.32 Å². The van der Waals surface area contributed by atoms with Crippen molar-refractivity contribution in [2.45, 2.75) is 47.1 Å². The van der Waals surface area contributed by atoms with Crippen molar-refractivity contribution < 1.29 is 0 Å². The lowest BCUT2D eigenvalue weighted by Gasteiger charge is -2.12. The predicted octanol–water partition coefficient (Wildman–Crippen LogP) is 3.15. The van der Waals surface area contributed by atoms with Crippen LogP contribution in [0.4, 0.5) is 0 Å². The average Bonchev–Trinajstić information content (AvgIpc) is 2.18. The molecule has 1 heteroatoms. The Morgan fingerprint density at radius 2 is 1.73 bits per heavy atom. The molecular formula is C14H23N. The summed E-state index contributed by atoms with van der Waals surface area (Å²) in [6.45, 7) is 12.1. The molecule has 0 aromatic heterocycles. The Hall–Kier alpha value is -0.820. The van der Waals surface area contributed by atoms with Gasteiger partial charge in [0.25, 0.3) is 0 Å². The maximum Gasteiger partial charge on any atom is 0.00105 e. The topological polar surface area (TPSA) is 12.0 Å². The molecule has 1 aromatic rings. The molecule has 0 saturated carbocycles. The molecule has 0 spiro atoms. The largest absolute Gasteiger partial charge is 0.314 e. The van der Waals surface area contributed by atoms with Crippen LogP contribution in [0.25, 0.3) is 0 Å². The van der Waals surface area contributed by atoms with Crippen LogP contribution in [0.5, 0.6) is 0 Å². The molecule has 0 aliphatic heterocycles. The van der Waals surface area contributed by atoms with Gasteiger partial charge in [0.1, 0.15) is 0 Å². The number of aryl methyl sites for hydroxylation is 1. The van der Waals surface area contributed by atoms with Gasteiger partial charge in [-0.2, -0.15) is 0 Å². The summed E-state index contributed by atoms with van der Waals surface area (Å²) < 4.78 is 0. The Balaban J connectivity index is 2.66. The second kappa shape index (κ2) is 5.32. The van der Waals surface area contributed by atoms with E-state index in [4.69, 9.17) is 0 Å². The molecule has 0 atom stereocenters. The van der Waals surface area contributed by atoms with Crippen molar-refractivity contribution in [2.75, 3.05) is 6.54 Å². The summed E-state index contributed by atoms with van der Waals surface area (Å²) in [5.41, 5.74) is 5.77. The lowest BCUT2D eigenvalue weighted by atomic mass is 9.97. The maximum atomic E-state index is 3.46. The van der Waals surface area contributed by atoms with Crippen molar-refractivity contribution in [3.05, 3.63) is 34.4 Å². The highest BCUT2D eigenvalue weighted by molar-refractivity contribution is 5.38. The molecular weight excluding hydrogens is 182 g/mol. The predicted molar refractivity (Wildman–Crippen MR) is 67.5 cm³/mol. The first kappa shape index (κ1) is 12.3. The van der Waals surface area contributed by atoms with Crippen LogP contribution < -0.4 is 5.32 Å². The van der Waals surface area contributed by atoms with Gasteiger partial charge in [0.05, 0.1) is 0 Å². The van der Waals surface area contributed by atoms with Crippen molar-refractivity contribution in [3.63, 3.8) is 0 Å². The van der Waals surface area contributed by atoms with Gasteiger partial charge in [-0.15, -0.1) is 0 Å². The normalized spacial score (nSPS) is 11.1. The third-order valence-corrected chi connectivity index (χ3v) is 3.12. The smallest absolute Gasteiger partial charge is 0.00105 e. The van der Waals surface area contributed by atoms with Crippen LogP contribution >= 0.6 is 0 Å². The number of nitrogens with one attached hydrogen (secondary N) is 1. The third kappa shape index (κ3) is 3.35. The van der Waals surface area contributed by atoms with Crippen LogP contribution in [0.15, 0.2) is 12.1 Å². The Kier molecular flexibility index (Phi) is 4.34. The van der Waals surface area contributed by atoms with Crippen LogP contribution in [-0.2, 0) is 6.42 Å². The Bertz CT molecular complexity index is 326. The van der Waals surface area contributed by atoms with Crippen molar-refractivity contribution in [3.8, 4) is 0 Å². The monoisotopic (exact) mass is 205 g/mol. The fourth-order valence-electron chi connectivity index (χ4n) is 1.78. The first-order valence-electron chi connectivity index (χ1n) is 5.81. The van der Waals surface area contributed by atoms with Gasteiger partial charge in [0.2, 0.25) is 0 Å². The first-order valence-corrected chi connectivity index (χ1v) is 5.81. The van der Waals surface area contributed by atoms with E-state index in [1.54, 1.807) is 0 Å². The molecule has 0 fully saturated rings. The van der Waals surface area contributed by atoms with Gasteiger partial charge in [0.15, 0.2) is 0 Å². The third-order valence-electron chi connectivity index (χ3n) is 3.12. The van der Waals surface area contributed by atoms with E-state index in [1.165, 1.54) is 22.3 Å². The molecule has 0 bridgehead atoms. The van der Waals surface area contributed by atoms with E-state index in [2.05, 4.69) is 52.1 Å². The first-order chi connectivity index (χ1) is 7.02. The summed E-state index contributed by atoms with van der Waals surface area (Å²) in [6, 6.07) is 5.07. The summed E-state index contributed by atoms with van der Waals surface area (Å²) in [6.07, 6.45) is 1.13. The van der Waals surface area contributed by atoms with Crippen LogP contribution in [0.1, 0.15) is 36.1 Å². The van der Waals surface area contributed by atoms with Gasteiger partial charge in [-0.25, -0.2) is 0 Å². The summed E-state index contributed by atoms with van der Waals surface area (Å²) in [4.78, 5) is 0. The highest BCUT2D eigenvalue weighted by Gasteiger charge is 2.03. The molecule has 1 nitrogen and oxygen atoms in total. The zero-order chi connectivity index (χ0) is 11.4. The lowest BCUT2D eigenvalue weighted by molar-refractivity contribution is 0.589. The second-order valence-corrected chi connectivity index (χ2v) is 4.65. The van der Waals surface area contributed by atoms with Gasteiger partial charge in [-0.3, -0.25) is 0 Å². The van der Waals surface area contributed by atoms with Crippen LogP contribution in [0, 0.1) is 20.8 Å². The van der Waals surface area contributed by atoms with E-state index in [0.29, 0.717) is 6.04 Å². The molecule has 1 N–H and O–H groups in total. The molecule has 0 aliphatic rings. The second-order valence-electron chi connectivity index (χ2n) is 4.65. The minimum Gasteiger partial charge on any atom is -0.314 e. The average molecular weight is 205 g/mol. The summed E-state index contributed by atoms with van der Waals surface area (Å²) in [5.74, 6) is 0. The highest BCUT2D eigenvalue weighted by atomic mass is 14.9. The maximum absolute atomic E-state index is 3.46. The van der Waals surface area contributed by atoms with Gasteiger partial charge < -0.3 is 5.32 Å². The van der Waals surface area contributed by atoms with E-state index in [-0.39, 0.29) is 0 Å². The van der Waals surface area contributed by atoms with Crippen LogP contribution in [0.3, 0.4) is 0 Å². The molecule has 0 radical (unpaired) electrons. The molecule has 15 heavy (non-hydrogen) atoms. The van der Waals surface area contributed by atoms with E-state index < -0.39 is 0 Å².